The molecule has 0 aromatic rings. The van der Waals surface area contributed by atoms with E-state index in [0.717, 1.165) is 44.9 Å². The molecule has 0 fully saturated rings. The van der Waals surface area contributed by atoms with E-state index in [1.807, 2.05) is 19.1 Å². The molecule has 0 aromatic heterocycles. The normalized spacial score (nSPS) is 16.1. The van der Waals surface area contributed by atoms with Crippen molar-refractivity contribution in [2.24, 2.45) is 5.73 Å². The van der Waals surface area contributed by atoms with Crippen LogP contribution in [0.5, 0.6) is 0 Å². The second-order valence-electron chi connectivity index (χ2n) is 12.3. The summed E-state index contributed by atoms with van der Waals surface area (Å²) >= 11 is 0. The third-order valence-corrected chi connectivity index (χ3v) is 8.40. The molecule has 0 rings (SSSR count). The van der Waals surface area contributed by atoms with E-state index in [0.29, 0.717) is 12.8 Å². The molecule has 0 aliphatic heterocycles. The van der Waals surface area contributed by atoms with Gasteiger partial charge in [-0.1, -0.05) is 119 Å². The number of phosphoric acid groups is 1. The van der Waals surface area contributed by atoms with Crippen LogP contribution >= 0.6 is 7.82 Å². The van der Waals surface area contributed by atoms with Crippen molar-refractivity contribution in [2.75, 3.05) is 26.4 Å². The number of esters is 2. The van der Waals surface area contributed by atoms with Crippen molar-refractivity contribution < 1.29 is 52.9 Å². The van der Waals surface area contributed by atoms with Gasteiger partial charge in [0.2, 0.25) is 0 Å². The summed E-state index contributed by atoms with van der Waals surface area (Å²) in [7, 11) is -4.46. The van der Waals surface area contributed by atoms with Crippen molar-refractivity contribution in [1.29, 1.82) is 0 Å². The maximum Gasteiger partial charge on any atom is 0.472 e. The Hall–Kier alpha value is -2.67. The molecule has 5 atom stereocenters. The van der Waals surface area contributed by atoms with Crippen LogP contribution in [0.2, 0.25) is 0 Å². The minimum atomic E-state index is -4.46. The second kappa shape index (κ2) is 34.1. The first-order valence-electron chi connectivity index (χ1n) is 18.7. The zero-order valence-electron chi connectivity index (χ0n) is 31.3. The number of allylic oxidation sites excluding steroid dienone is 9. The van der Waals surface area contributed by atoms with Gasteiger partial charge in [-0.05, 0) is 51.4 Å². The SMILES string of the molecule is CC/C=C\C[C@@H](O)/C=C/C=C/C=C\C=C/[C@H](O)[C@@H](O)CCCC(=O)OC[C@H](COP(=O)(O)OCCN)OC(=O)CCCCCCC/C=C\CCCC. The minimum Gasteiger partial charge on any atom is -0.462 e. The summed E-state index contributed by atoms with van der Waals surface area (Å²) in [6.07, 6.45) is 28.9. The number of aliphatic hydroxyl groups excluding tert-OH is 3. The lowest BCUT2D eigenvalue weighted by molar-refractivity contribution is -0.161. The molecule has 0 saturated heterocycles. The van der Waals surface area contributed by atoms with Crippen molar-refractivity contribution in [1.82, 2.24) is 0 Å². The lowest BCUT2D eigenvalue weighted by Gasteiger charge is -2.20. The summed E-state index contributed by atoms with van der Waals surface area (Å²) in [6, 6.07) is 0. The fourth-order valence-electron chi connectivity index (χ4n) is 4.48. The van der Waals surface area contributed by atoms with Crippen molar-refractivity contribution in [3.8, 4) is 0 Å². The highest BCUT2D eigenvalue weighted by atomic mass is 31.2. The standard InChI is InChI=1S/C39H66NO11P/c1-3-5-7-8-9-10-11-12-13-18-22-28-39(45)51-35(33-50-52(46,47)49-31-30-40)32-48-38(44)29-23-27-37(43)36(42)26-21-17-15-14-16-20-25-34(41)24-19-6-4-2/h6,8-9,14-17,19-21,25-26,34-37,41-43H,3-5,7,10-13,18,22-24,27-33,40H2,1-2H3,(H,46,47)/b9-8-,16-14+,17-15-,19-6-,25-20+,26-21-/t34-,35-,36+,37+/m1/s1. The maximum absolute atomic E-state index is 12.5. The Labute approximate surface area is 311 Å². The van der Waals surface area contributed by atoms with Gasteiger partial charge >= 0.3 is 19.8 Å². The van der Waals surface area contributed by atoms with Gasteiger partial charge in [-0.2, -0.15) is 0 Å². The lowest BCUT2D eigenvalue weighted by atomic mass is 10.1. The lowest BCUT2D eigenvalue weighted by Crippen LogP contribution is -2.30. The van der Waals surface area contributed by atoms with Crippen LogP contribution in [-0.4, -0.2) is 82.9 Å². The van der Waals surface area contributed by atoms with Gasteiger partial charge in [-0.3, -0.25) is 18.6 Å². The molecule has 0 aromatic carbocycles. The van der Waals surface area contributed by atoms with Gasteiger partial charge < -0.3 is 35.4 Å². The monoisotopic (exact) mass is 755 g/mol. The molecule has 1 unspecified atom stereocenters. The topological polar surface area (TPSA) is 195 Å². The van der Waals surface area contributed by atoms with E-state index in [-0.39, 0.29) is 38.8 Å². The van der Waals surface area contributed by atoms with Crippen molar-refractivity contribution >= 4 is 19.8 Å². The fraction of sp³-hybridized carbons (Fsp3) is 0.641. The average molecular weight is 756 g/mol. The van der Waals surface area contributed by atoms with Crippen molar-refractivity contribution in [3.05, 3.63) is 72.9 Å². The minimum absolute atomic E-state index is 0.000736. The molecule has 52 heavy (non-hydrogen) atoms. The first-order valence-corrected chi connectivity index (χ1v) is 20.2. The number of carbonyl (C=O) groups excluding carboxylic acids is 2. The number of unbranched alkanes of at least 4 members (excludes halogenated alkanes) is 7. The Morgan fingerprint density at radius 1 is 0.731 bits per heavy atom. The number of hydrogen-bond acceptors (Lipinski definition) is 11. The summed E-state index contributed by atoms with van der Waals surface area (Å²) in [4.78, 5) is 34.7. The van der Waals surface area contributed by atoms with Crippen molar-refractivity contribution in [3.63, 3.8) is 0 Å². The van der Waals surface area contributed by atoms with Gasteiger partial charge in [0.1, 0.15) is 6.61 Å². The van der Waals surface area contributed by atoms with Crippen LogP contribution in [0.1, 0.15) is 110 Å². The molecule has 0 radical (unpaired) electrons. The Kier molecular flexibility index (Phi) is 32.4. The van der Waals surface area contributed by atoms with Crippen LogP contribution in [0.4, 0.5) is 0 Å². The van der Waals surface area contributed by atoms with Crippen LogP contribution in [0.25, 0.3) is 0 Å². The van der Waals surface area contributed by atoms with Gasteiger partial charge in [0.15, 0.2) is 6.10 Å². The molecule has 0 amide bonds. The molecule has 0 heterocycles. The largest absolute Gasteiger partial charge is 0.472 e. The van der Waals surface area contributed by atoms with E-state index in [1.165, 1.54) is 18.9 Å². The molecule has 0 spiro atoms. The number of hydrogen-bond donors (Lipinski definition) is 5. The zero-order valence-corrected chi connectivity index (χ0v) is 32.2. The van der Waals surface area contributed by atoms with E-state index in [1.54, 1.807) is 42.5 Å². The molecule has 6 N–H and O–H groups in total. The summed E-state index contributed by atoms with van der Waals surface area (Å²) in [6.45, 7) is 3.04. The maximum atomic E-state index is 12.5. The Morgan fingerprint density at radius 3 is 2.06 bits per heavy atom. The third kappa shape index (κ3) is 32.0. The van der Waals surface area contributed by atoms with E-state index in [2.05, 4.69) is 19.1 Å². The van der Waals surface area contributed by atoms with Crippen LogP contribution in [0, 0.1) is 0 Å². The van der Waals surface area contributed by atoms with E-state index >= 15 is 0 Å². The molecule has 12 nitrogen and oxygen atoms in total. The second-order valence-corrected chi connectivity index (χ2v) is 13.7. The number of nitrogens with two attached hydrogens (primary N) is 1. The first kappa shape index (κ1) is 49.3. The zero-order chi connectivity index (χ0) is 38.7. The van der Waals surface area contributed by atoms with Gasteiger partial charge in [0, 0.05) is 19.4 Å². The van der Waals surface area contributed by atoms with E-state index in [9.17, 15) is 34.4 Å². The van der Waals surface area contributed by atoms with Gasteiger partial charge in [0.05, 0.1) is 31.5 Å². The first-order chi connectivity index (χ1) is 25.0. The van der Waals surface area contributed by atoms with Gasteiger partial charge in [-0.15, -0.1) is 0 Å². The number of carbonyl (C=O) groups is 2. The Balaban J connectivity index is 4.61. The highest BCUT2D eigenvalue weighted by Crippen LogP contribution is 2.43. The predicted octanol–water partition coefficient (Wildman–Crippen LogP) is 6.84. The summed E-state index contributed by atoms with van der Waals surface area (Å²) in [5.41, 5.74) is 5.30. The molecular formula is C39H66NO11P. The molecule has 0 bridgehead atoms. The Bertz CT molecular complexity index is 1140. The highest BCUT2D eigenvalue weighted by molar-refractivity contribution is 7.47. The van der Waals surface area contributed by atoms with E-state index < -0.39 is 57.4 Å². The fourth-order valence-corrected chi connectivity index (χ4v) is 5.25. The number of rotatable bonds is 33. The predicted molar refractivity (Wildman–Crippen MR) is 205 cm³/mol. The van der Waals surface area contributed by atoms with Crippen LogP contribution in [-0.2, 0) is 32.7 Å². The summed E-state index contributed by atoms with van der Waals surface area (Å²) in [5, 5.41) is 30.3. The Morgan fingerprint density at radius 2 is 1.37 bits per heavy atom. The number of ether oxygens (including phenoxy) is 2. The van der Waals surface area contributed by atoms with Crippen LogP contribution in [0.3, 0.4) is 0 Å². The molecule has 0 aliphatic rings. The number of aliphatic hydroxyl groups is 3. The smallest absolute Gasteiger partial charge is 0.462 e. The molecule has 0 saturated carbocycles. The quantitative estimate of drug-likeness (QED) is 0.0154. The van der Waals surface area contributed by atoms with Crippen molar-refractivity contribution in [2.45, 2.75) is 135 Å². The van der Waals surface area contributed by atoms with Crippen LogP contribution in [0.15, 0.2) is 72.9 Å². The van der Waals surface area contributed by atoms with Gasteiger partial charge in [-0.25, -0.2) is 4.57 Å². The summed E-state index contributed by atoms with van der Waals surface area (Å²) < 4.78 is 32.3. The highest BCUT2D eigenvalue weighted by Gasteiger charge is 2.26. The van der Waals surface area contributed by atoms with Gasteiger partial charge in [0.25, 0.3) is 0 Å². The van der Waals surface area contributed by atoms with Crippen LogP contribution < -0.4 is 5.73 Å². The molecule has 298 valence electrons. The molecule has 13 heteroatoms. The molecular weight excluding hydrogens is 689 g/mol. The summed E-state index contributed by atoms with van der Waals surface area (Å²) in [5.74, 6) is -1.18. The third-order valence-electron chi connectivity index (χ3n) is 7.42. The van der Waals surface area contributed by atoms with E-state index in [4.69, 9.17) is 24.3 Å². The molecule has 0 aliphatic carbocycles. The number of phosphoric ester groups is 1. The average Bonchev–Trinajstić information content (AvgIpc) is 3.11.